The second kappa shape index (κ2) is 6.84. The zero-order valence-corrected chi connectivity index (χ0v) is 14.7. The number of amides is 1. The molecule has 1 aliphatic carbocycles. The van der Waals surface area contributed by atoms with Crippen LogP contribution in [0.15, 0.2) is 29.2 Å². The van der Waals surface area contributed by atoms with E-state index in [-0.39, 0.29) is 29.6 Å². The maximum Gasteiger partial charge on any atom is 0.264 e. The highest BCUT2D eigenvalue weighted by molar-refractivity contribution is 7.90. The van der Waals surface area contributed by atoms with Crippen LogP contribution in [0.2, 0.25) is 0 Å². The lowest BCUT2D eigenvalue weighted by Gasteiger charge is -2.27. The first-order valence-electron chi connectivity index (χ1n) is 7.80. The number of Topliss-reactive ketones (excluding diaryl/α,β-unsaturated/α-hetero) is 2. The van der Waals surface area contributed by atoms with E-state index in [9.17, 15) is 22.8 Å². The number of hydrogen-bond donors (Lipinski definition) is 1. The summed E-state index contributed by atoms with van der Waals surface area (Å²) < 4.78 is 26.3. The molecule has 1 aliphatic rings. The maximum absolute atomic E-state index is 12.2. The summed E-state index contributed by atoms with van der Waals surface area (Å²) in [4.78, 5) is 36.4. The zero-order chi connectivity index (χ0) is 18.1. The fraction of sp³-hybridized carbons (Fsp3) is 0.471. The summed E-state index contributed by atoms with van der Waals surface area (Å²) in [7, 11) is -4.11. The molecular formula is C17H21NO5S. The van der Waals surface area contributed by atoms with Crippen LogP contribution in [0.1, 0.15) is 32.3 Å². The van der Waals surface area contributed by atoms with Gasteiger partial charge in [-0.2, -0.15) is 0 Å². The van der Waals surface area contributed by atoms with Crippen LogP contribution in [-0.4, -0.2) is 25.9 Å². The van der Waals surface area contributed by atoms with Gasteiger partial charge in [-0.1, -0.05) is 31.5 Å². The minimum absolute atomic E-state index is 0.0859. The third-order valence-electron chi connectivity index (χ3n) is 4.34. The second-order valence-electron chi connectivity index (χ2n) is 6.56. The van der Waals surface area contributed by atoms with Gasteiger partial charge in [-0.3, -0.25) is 14.4 Å². The average Bonchev–Trinajstić information content (AvgIpc) is 2.46. The summed E-state index contributed by atoms with van der Waals surface area (Å²) in [5.41, 5.74) is 0.873. The quantitative estimate of drug-likeness (QED) is 0.831. The van der Waals surface area contributed by atoms with Crippen molar-refractivity contribution in [2.45, 2.75) is 38.5 Å². The third kappa shape index (κ3) is 3.90. The summed E-state index contributed by atoms with van der Waals surface area (Å²) >= 11 is 0. The number of benzene rings is 1. The molecule has 6 nitrogen and oxygen atoms in total. The minimum atomic E-state index is -4.11. The van der Waals surface area contributed by atoms with Crippen LogP contribution in [0.5, 0.6) is 0 Å². The number of sulfonamides is 1. The number of carbonyl (C=O) groups excluding carboxylic acids is 3. The molecule has 0 saturated heterocycles. The Balaban J connectivity index is 2.16. The Hall–Kier alpha value is -2.02. The molecule has 1 aromatic rings. The van der Waals surface area contributed by atoms with Gasteiger partial charge in [0, 0.05) is 12.8 Å². The van der Waals surface area contributed by atoms with Crippen LogP contribution >= 0.6 is 0 Å². The molecule has 1 saturated carbocycles. The largest absolute Gasteiger partial charge is 0.298 e. The van der Waals surface area contributed by atoms with Crippen molar-refractivity contribution in [3.8, 4) is 0 Å². The Morgan fingerprint density at radius 2 is 1.58 bits per heavy atom. The molecule has 1 aromatic carbocycles. The van der Waals surface area contributed by atoms with Crippen LogP contribution < -0.4 is 4.72 Å². The molecule has 2 rings (SSSR count). The van der Waals surface area contributed by atoms with E-state index < -0.39 is 33.4 Å². The van der Waals surface area contributed by atoms with Gasteiger partial charge < -0.3 is 0 Å². The van der Waals surface area contributed by atoms with Gasteiger partial charge in [0.2, 0.25) is 0 Å². The molecule has 1 fully saturated rings. The fourth-order valence-electron chi connectivity index (χ4n) is 2.74. The highest BCUT2D eigenvalue weighted by Gasteiger charge is 2.42. The van der Waals surface area contributed by atoms with E-state index in [0.29, 0.717) is 0 Å². The van der Waals surface area contributed by atoms with Crippen LogP contribution in [0.4, 0.5) is 0 Å². The van der Waals surface area contributed by atoms with Gasteiger partial charge in [0.15, 0.2) is 17.5 Å². The second-order valence-corrected chi connectivity index (χ2v) is 8.24. The van der Waals surface area contributed by atoms with E-state index in [1.54, 1.807) is 19.1 Å². The lowest BCUT2D eigenvalue weighted by molar-refractivity contribution is -0.144. The monoisotopic (exact) mass is 351 g/mol. The molecular weight excluding hydrogens is 330 g/mol. The van der Waals surface area contributed by atoms with E-state index in [4.69, 9.17) is 0 Å². The van der Waals surface area contributed by atoms with Crippen molar-refractivity contribution in [3.05, 3.63) is 29.8 Å². The van der Waals surface area contributed by atoms with Crippen molar-refractivity contribution in [1.29, 1.82) is 0 Å². The van der Waals surface area contributed by atoms with Crippen molar-refractivity contribution in [3.63, 3.8) is 0 Å². The third-order valence-corrected chi connectivity index (χ3v) is 5.70. The van der Waals surface area contributed by atoms with Crippen LogP contribution in [0.3, 0.4) is 0 Å². The molecule has 0 aliphatic heterocycles. The normalized spacial score (nSPS) is 21.8. The molecule has 0 bridgehead atoms. The molecule has 1 amide bonds. The number of nitrogens with one attached hydrogen (secondary N) is 1. The number of hydrogen-bond acceptors (Lipinski definition) is 5. The van der Waals surface area contributed by atoms with Crippen molar-refractivity contribution in [1.82, 2.24) is 4.72 Å². The SMILES string of the molecule is Cc1ccc(S(=O)(=O)NC(=O)C2C(=O)CC(C(C)C)CC2=O)cc1. The minimum Gasteiger partial charge on any atom is -0.298 e. The summed E-state index contributed by atoms with van der Waals surface area (Å²) in [5.74, 6) is -3.56. The molecule has 0 spiro atoms. The van der Waals surface area contributed by atoms with Gasteiger partial charge in [0.25, 0.3) is 15.9 Å². The van der Waals surface area contributed by atoms with Gasteiger partial charge in [-0.25, -0.2) is 13.1 Å². The predicted octanol–water partition coefficient (Wildman–Crippen LogP) is 1.62. The lowest BCUT2D eigenvalue weighted by Crippen LogP contribution is -2.46. The molecule has 0 aromatic heterocycles. The lowest BCUT2D eigenvalue weighted by atomic mass is 9.75. The Bertz CT molecular complexity index is 747. The molecule has 0 unspecified atom stereocenters. The number of carbonyl (C=O) groups is 3. The first-order chi connectivity index (χ1) is 11.1. The fourth-order valence-corrected chi connectivity index (χ4v) is 3.73. The van der Waals surface area contributed by atoms with Gasteiger partial charge in [-0.15, -0.1) is 0 Å². The summed E-state index contributed by atoms with van der Waals surface area (Å²) in [6, 6.07) is 5.93. The standard InChI is InChI=1S/C17H21NO5S/c1-10(2)12-8-14(19)16(15(20)9-12)17(21)18-24(22,23)13-6-4-11(3)5-7-13/h4-7,10,12,16H,8-9H2,1-3H3,(H,18,21). The van der Waals surface area contributed by atoms with Gasteiger partial charge in [-0.05, 0) is 30.9 Å². The average molecular weight is 351 g/mol. The van der Waals surface area contributed by atoms with Crippen LogP contribution in [0, 0.1) is 24.7 Å². The Morgan fingerprint density at radius 3 is 2.04 bits per heavy atom. The Labute approximate surface area is 141 Å². The Morgan fingerprint density at radius 1 is 1.08 bits per heavy atom. The van der Waals surface area contributed by atoms with Gasteiger partial charge in [0.05, 0.1) is 4.90 Å². The van der Waals surface area contributed by atoms with Gasteiger partial charge >= 0.3 is 0 Å². The topological polar surface area (TPSA) is 97.4 Å². The number of ketones is 2. The van der Waals surface area contributed by atoms with E-state index in [0.717, 1.165) is 5.56 Å². The van der Waals surface area contributed by atoms with Crippen molar-refractivity contribution < 1.29 is 22.8 Å². The molecule has 24 heavy (non-hydrogen) atoms. The zero-order valence-electron chi connectivity index (χ0n) is 13.9. The molecule has 0 heterocycles. The van der Waals surface area contributed by atoms with Crippen LogP contribution in [-0.2, 0) is 24.4 Å². The first kappa shape index (κ1) is 18.3. The Kier molecular flexibility index (Phi) is 5.22. The van der Waals surface area contributed by atoms with E-state index >= 15 is 0 Å². The van der Waals surface area contributed by atoms with Crippen molar-refractivity contribution in [2.75, 3.05) is 0 Å². The number of rotatable bonds is 4. The number of aryl methyl sites for hydroxylation is 1. The highest BCUT2D eigenvalue weighted by Crippen LogP contribution is 2.29. The maximum atomic E-state index is 12.2. The van der Waals surface area contributed by atoms with Crippen LogP contribution in [0.25, 0.3) is 0 Å². The van der Waals surface area contributed by atoms with E-state index in [1.807, 2.05) is 18.6 Å². The molecule has 130 valence electrons. The molecule has 1 N–H and O–H groups in total. The van der Waals surface area contributed by atoms with E-state index in [2.05, 4.69) is 0 Å². The molecule has 7 heteroatoms. The molecule has 0 atom stereocenters. The summed E-state index contributed by atoms with van der Waals surface area (Å²) in [6.07, 6.45) is 0.234. The predicted molar refractivity (Wildman–Crippen MR) is 87.6 cm³/mol. The van der Waals surface area contributed by atoms with Crippen molar-refractivity contribution in [2.24, 2.45) is 17.8 Å². The summed E-state index contributed by atoms with van der Waals surface area (Å²) in [6.45, 7) is 5.63. The summed E-state index contributed by atoms with van der Waals surface area (Å²) in [5, 5.41) is 0. The first-order valence-corrected chi connectivity index (χ1v) is 9.29. The smallest absolute Gasteiger partial charge is 0.264 e. The van der Waals surface area contributed by atoms with E-state index in [1.165, 1.54) is 12.1 Å². The van der Waals surface area contributed by atoms with Gasteiger partial charge in [0.1, 0.15) is 0 Å². The highest BCUT2D eigenvalue weighted by atomic mass is 32.2. The molecule has 0 radical (unpaired) electrons. The van der Waals surface area contributed by atoms with Crippen molar-refractivity contribution >= 4 is 27.5 Å².